The maximum atomic E-state index is 4.43. The molecule has 0 amide bonds. The number of hydrogen-bond donors (Lipinski definition) is 1. The fourth-order valence-corrected chi connectivity index (χ4v) is 2.37. The molecule has 0 unspecified atom stereocenters. The van der Waals surface area contributed by atoms with Crippen molar-refractivity contribution in [2.45, 2.75) is 27.3 Å². The number of anilines is 1. The lowest BCUT2D eigenvalue weighted by molar-refractivity contribution is 1.05. The highest BCUT2D eigenvalue weighted by molar-refractivity contribution is 7.09. The molecule has 84 valence electrons. The summed E-state index contributed by atoms with van der Waals surface area (Å²) in [7, 11) is 0. The van der Waals surface area contributed by atoms with Crippen molar-refractivity contribution < 1.29 is 0 Å². The first-order valence-electron chi connectivity index (χ1n) is 5.36. The molecule has 0 radical (unpaired) electrons. The Balaban J connectivity index is 2.04. The van der Waals surface area contributed by atoms with Crippen LogP contribution in [0.15, 0.2) is 23.6 Å². The third-order valence-electron chi connectivity index (χ3n) is 2.36. The monoisotopic (exact) mass is 232 g/mol. The number of nitrogens with zero attached hydrogens (tertiary/aromatic N) is 1. The summed E-state index contributed by atoms with van der Waals surface area (Å²) < 4.78 is 0. The van der Waals surface area contributed by atoms with Crippen molar-refractivity contribution >= 4 is 17.0 Å². The Morgan fingerprint density at radius 2 is 1.81 bits per heavy atom. The first kappa shape index (κ1) is 11.1. The van der Waals surface area contributed by atoms with E-state index in [-0.39, 0.29) is 0 Å². The van der Waals surface area contributed by atoms with Gasteiger partial charge in [0, 0.05) is 11.1 Å². The van der Waals surface area contributed by atoms with Crippen LogP contribution in [-0.2, 0) is 6.54 Å². The van der Waals surface area contributed by atoms with E-state index in [2.05, 4.69) is 47.7 Å². The van der Waals surface area contributed by atoms with Gasteiger partial charge < -0.3 is 5.32 Å². The minimum Gasteiger partial charge on any atom is -0.379 e. The van der Waals surface area contributed by atoms with Crippen molar-refractivity contribution in [2.24, 2.45) is 0 Å². The van der Waals surface area contributed by atoms with Crippen molar-refractivity contribution in [3.63, 3.8) is 0 Å². The van der Waals surface area contributed by atoms with E-state index >= 15 is 0 Å². The SMILES string of the molecule is Cc1cc(C)cc(NCc2csc(C)n2)c1. The Labute approximate surface area is 100 Å². The number of nitrogens with one attached hydrogen (secondary N) is 1. The number of aromatic nitrogens is 1. The molecular formula is C13H16N2S. The van der Waals surface area contributed by atoms with Crippen LogP contribution in [0.2, 0.25) is 0 Å². The van der Waals surface area contributed by atoms with Gasteiger partial charge in [0.05, 0.1) is 17.2 Å². The molecule has 0 spiro atoms. The minimum atomic E-state index is 0.799. The van der Waals surface area contributed by atoms with Crippen LogP contribution in [0.1, 0.15) is 21.8 Å². The van der Waals surface area contributed by atoms with Gasteiger partial charge in [-0.25, -0.2) is 4.98 Å². The van der Waals surface area contributed by atoms with Crippen molar-refractivity contribution in [1.29, 1.82) is 0 Å². The molecule has 1 aromatic carbocycles. The molecule has 0 bridgehead atoms. The predicted molar refractivity (Wildman–Crippen MR) is 70.1 cm³/mol. The zero-order valence-corrected chi connectivity index (χ0v) is 10.7. The molecule has 0 atom stereocenters. The van der Waals surface area contributed by atoms with E-state index in [1.165, 1.54) is 16.8 Å². The normalized spacial score (nSPS) is 10.4. The highest BCUT2D eigenvalue weighted by atomic mass is 32.1. The number of aryl methyl sites for hydroxylation is 3. The molecule has 0 aliphatic rings. The molecule has 1 N–H and O–H groups in total. The molecule has 2 nitrogen and oxygen atoms in total. The smallest absolute Gasteiger partial charge is 0.0898 e. The molecule has 0 saturated heterocycles. The summed E-state index contributed by atoms with van der Waals surface area (Å²) in [6.45, 7) is 7.06. The first-order valence-corrected chi connectivity index (χ1v) is 6.24. The summed E-state index contributed by atoms with van der Waals surface area (Å²) >= 11 is 1.69. The number of benzene rings is 1. The Morgan fingerprint density at radius 1 is 1.12 bits per heavy atom. The van der Waals surface area contributed by atoms with Gasteiger partial charge in [0.1, 0.15) is 0 Å². The standard InChI is InChI=1S/C13H16N2S/c1-9-4-10(2)6-12(5-9)14-7-13-8-16-11(3)15-13/h4-6,8,14H,7H2,1-3H3. The minimum absolute atomic E-state index is 0.799. The van der Waals surface area contributed by atoms with Crippen LogP contribution in [-0.4, -0.2) is 4.98 Å². The average molecular weight is 232 g/mol. The molecule has 0 saturated carbocycles. The van der Waals surface area contributed by atoms with E-state index in [4.69, 9.17) is 0 Å². The van der Waals surface area contributed by atoms with Gasteiger partial charge in [0.25, 0.3) is 0 Å². The Bertz CT molecular complexity index is 468. The van der Waals surface area contributed by atoms with Crippen LogP contribution in [0.4, 0.5) is 5.69 Å². The van der Waals surface area contributed by atoms with E-state index in [0.29, 0.717) is 0 Å². The number of thiazole rings is 1. The average Bonchev–Trinajstić information content (AvgIpc) is 2.60. The third-order valence-corrected chi connectivity index (χ3v) is 3.18. The summed E-state index contributed by atoms with van der Waals surface area (Å²) in [6.07, 6.45) is 0. The van der Waals surface area contributed by atoms with Gasteiger partial charge >= 0.3 is 0 Å². The highest BCUT2D eigenvalue weighted by Crippen LogP contribution is 2.15. The molecular weight excluding hydrogens is 216 g/mol. The molecule has 16 heavy (non-hydrogen) atoms. The van der Waals surface area contributed by atoms with Crippen LogP contribution < -0.4 is 5.32 Å². The van der Waals surface area contributed by atoms with Crippen molar-refractivity contribution in [2.75, 3.05) is 5.32 Å². The fraction of sp³-hybridized carbons (Fsp3) is 0.308. The zero-order valence-electron chi connectivity index (χ0n) is 9.87. The van der Waals surface area contributed by atoms with Crippen LogP contribution in [0.5, 0.6) is 0 Å². The van der Waals surface area contributed by atoms with E-state index in [1.807, 2.05) is 6.92 Å². The summed E-state index contributed by atoms with van der Waals surface area (Å²) in [5.41, 5.74) is 4.86. The summed E-state index contributed by atoms with van der Waals surface area (Å²) in [5.74, 6) is 0. The van der Waals surface area contributed by atoms with Gasteiger partial charge in [-0.3, -0.25) is 0 Å². The van der Waals surface area contributed by atoms with Crippen molar-refractivity contribution in [3.8, 4) is 0 Å². The van der Waals surface area contributed by atoms with Crippen molar-refractivity contribution in [3.05, 3.63) is 45.4 Å². The second-order valence-corrected chi connectivity index (χ2v) is 5.15. The van der Waals surface area contributed by atoms with E-state index in [1.54, 1.807) is 11.3 Å². The van der Waals surface area contributed by atoms with Gasteiger partial charge in [-0.1, -0.05) is 6.07 Å². The number of rotatable bonds is 3. The number of hydrogen-bond acceptors (Lipinski definition) is 3. The molecule has 3 heteroatoms. The van der Waals surface area contributed by atoms with E-state index in [9.17, 15) is 0 Å². The summed E-state index contributed by atoms with van der Waals surface area (Å²) in [6, 6.07) is 6.50. The lowest BCUT2D eigenvalue weighted by Gasteiger charge is -2.07. The first-order chi connectivity index (χ1) is 7.63. The van der Waals surface area contributed by atoms with Gasteiger partial charge in [0.2, 0.25) is 0 Å². The van der Waals surface area contributed by atoms with E-state index < -0.39 is 0 Å². The lowest BCUT2D eigenvalue weighted by atomic mass is 10.1. The largest absolute Gasteiger partial charge is 0.379 e. The summed E-state index contributed by atoms with van der Waals surface area (Å²) in [5, 5.41) is 6.62. The third kappa shape index (κ3) is 2.83. The second kappa shape index (κ2) is 4.66. The van der Waals surface area contributed by atoms with Gasteiger partial charge in [-0.15, -0.1) is 11.3 Å². The van der Waals surface area contributed by atoms with Crippen LogP contribution in [0.25, 0.3) is 0 Å². The van der Waals surface area contributed by atoms with Gasteiger partial charge in [-0.2, -0.15) is 0 Å². The lowest BCUT2D eigenvalue weighted by Crippen LogP contribution is -2.00. The zero-order chi connectivity index (χ0) is 11.5. The molecule has 1 heterocycles. The van der Waals surface area contributed by atoms with Crippen LogP contribution in [0, 0.1) is 20.8 Å². The second-order valence-electron chi connectivity index (χ2n) is 4.09. The quantitative estimate of drug-likeness (QED) is 0.873. The maximum Gasteiger partial charge on any atom is 0.0898 e. The van der Waals surface area contributed by atoms with Crippen LogP contribution in [0.3, 0.4) is 0 Å². The van der Waals surface area contributed by atoms with Crippen molar-refractivity contribution in [1.82, 2.24) is 4.98 Å². The molecule has 0 aliphatic heterocycles. The maximum absolute atomic E-state index is 4.43. The van der Waals surface area contributed by atoms with E-state index in [0.717, 1.165) is 17.2 Å². The van der Waals surface area contributed by atoms with Gasteiger partial charge in [0.15, 0.2) is 0 Å². The van der Waals surface area contributed by atoms with Crippen LogP contribution >= 0.6 is 11.3 Å². The van der Waals surface area contributed by atoms with Gasteiger partial charge in [-0.05, 0) is 44.0 Å². The Morgan fingerprint density at radius 3 is 2.38 bits per heavy atom. The summed E-state index contributed by atoms with van der Waals surface area (Å²) in [4.78, 5) is 4.43. The topological polar surface area (TPSA) is 24.9 Å². The predicted octanol–water partition coefficient (Wildman–Crippen LogP) is 3.68. The highest BCUT2D eigenvalue weighted by Gasteiger charge is 1.99. The molecule has 2 aromatic rings. The molecule has 0 aliphatic carbocycles. The Kier molecular flexibility index (Phi) is 3.25. The Hall–Kier alpha value is -1.35. The molecule has 0 fully saturated rings. The molecule has 2 rings (SSSR count). The fourth-order valence-electron chi connectivity index (χ4n) is 1.76. The molecule has 1 aromatic heterocycles.